The third-order valence-corrected chi connectivity index (χ3v) is 4.07. The Hall–Kier alpha value is -1.02. The molecule has 0 amide bonds. The van der Waals surface area contributed by atoms with Gasteiger partial charge in [-0.05, 0) is 68.0 Å². The number of ether oxygens (including phenoxy) is 1. The maximum Gasteiger partial charge on any atom is 0.119 e. The molecular formula is C15H23NO. The Morgan fingerprint density at radius 2 is 2.24 bits per heavy atom. The molecule has 1 aromatic rings. The number of fused-ring (bicyclic) bond motifs is 1. The first kappa shape index (κ1) is 12.4. The Morgan fingerprint density at radius 3 is 2.94 bits per heavy atom. The molecule has 0 fully saturated rings. The zero-order chi connectivity index (χ0) is 12.3. The summed E-state index contributed by atoms with van der Waals surface area (Å²) in [5.41, 5.74) is 3.32. The molecule has 1 N–H and O–H groups in total. The standard InChI is InChI=1S/C15H23NO/c1-15(9-10-16-2)8-4-5-12-6-7-13(17-3)11-14(12)15/h6-7,11,16H,4-5,8-10H2,1-3H3. The minimum Gasteiger partial charge on any atom is -0.497 e. The largest absolute Gasteiger partial charge is 0.497 e. The number of hydrogen-bond acceptors (Lipinski definition) is 2. The normalized spacial score (nSPS) is 23.2. The summed E-state index contributed by atoms with van der Waals surface area (Å²) in [5.74, 6) is 0.987. The molecule has 17 heavy (non-hydrogen) atoms. The second kappa shape index (κ2) is 5.09. The van der Waals surface area contributed by atoms with Gasteiger partial charge in [0.25, 0.3) is 0 Å². The molecule has 0 heterocycles. The molecule has 0 radical (unpaired) electrons. The van der Waals surface area contributed by atoms with Crippen LogP contribution in [0.15, 0.2) is 18.2 Å². The number of aryl methyl sites for hydroxylation is 1. The monoisotopic (exact) mass is 233 g/mol. The van der Waals surface area contributed by atoms with Crippen LogP contribution in [0.4, 0.5) is 0 Å². The quantitative estimate of drug-likeness (QED) is 0.863. The lowest BCUT2D eigenvalue weighted by atomic mass is 9.69. The molecule has 1 aliphatic carbocycles. The zero-order valence-corrected chi connectivity index (χ0v) is 11.2. The second-order valence-electron chi connectivity index (χ2n) is 5.29. The highest BCUT2D eigenvalue weighted by Gasteiger charge is 2.31. The SMILES string of the molecule is CNCCC1(C)CCCc2ccc(OC)cc21. The fraction of sp³-hybridized carbons (Fsp3) is 0.600. The van der Waals surface area contributed by atoms with Crippen molar-refractivity contribution in [2.75, 3.05) is 20.7 Å². The highest BCUT2D eigenvalue weighted by Crippen LogP contribution is 2.40. The molecule has 0 aliphatic heterocycles. The van der Waals surface area contributed by atoms with Gasteiger partial charge >= 0.3 is 0 Å². The van der Waals surface area contributed by atoms with Gasteiger partial charge in [-0.2, -0.15) is 0 Å². The predicted octanol–water partition coefficient (Wildman–Crippen LogP) is 2.90. The fourth-order valence-electron chi connectivity index (χ4n) is 2.93. The molecule has 2 rings (SSSR count). The Morgan fingerprint density at radius 1 is 1.41 bits per heavy atom. The number of methoxy groups -OCH3 is 1. The summed E-state index contributed by atoms with van der Waals surface area (Å²) in [7, 11) is 3.77. The van der Waals surface area contributed by atoms with Crippen LogP contribution < -0.4 is 10.1 Å². The molecule has 0 aromatic heterocycles. The zero-order valence-electron chi connectivity index (χ0n) is 11.2. The Balaban J connectivity index is 2.34. The molecule has 1 aromatic carbocycles. The predicted molar refractivity (Wildman–Crippen MR) is 71.8 cm³/mol. The van der Waals surface area contributed by atoms with E-state index in [0.717, 1.165) is 12.3 Å². The summed E-state index contributed by atoms with van der Waals surface area (Å²) in [5, 5.41) is 3.27. The third-order valence-electron chi connectivity index (χ3n) is 4.07. The summed E-state index contributed by atoms with van der Waals surface area (Å²) in [6.45, 7) is 3.47. The molecule has 0 spiro atoms. The van der Waals surface area contributed by atoms with Gasteiger partial charge in [-0.3, -0.25) is 0 Å². The van der Waals surface area contributed by atoms with Crippen molar-refractivity contribution in [2.45, 2.75) is 38.0 Å². The molecule has 2 heteroatoms. The summed E-state index contributed by atoms with van der Waals surface area (Å²) < 4.78 is 5.36. The highest BCUT2D eigenvalue weighted by atomic mass is 16.5. The Kier molecular flexibility index (Phi) is 3.72. The first-order chi connectivity index (χ1) is 8.19. The maximum absolute atomic E-state index is 5.36. The van der Waals surface area contributed by atoms with Crippen LogP contribution in [0, 0.1) is 0 Å². The van der Waals surface area contributed by atoms with Gasteiger partial charge in [0, 0.05) is 0 Å². The van der Waals surface area contributed by atoms with Crippen molar-refractivity contribution in [3.8, 4) is 5.75 Å². The van der Waals surface area contributed by atoms with Crippen molar-refractivity contribution < 1.29 is 4.74 Å². The Labute approximate surface area is 104 Å². The third kappa shape index (κ3) is 2.47. The van der Waals surface area contributed by atoms with Crippen LogP contribution in [0.5, 0.6) is 5.75 Å². The van der Waals surface area contributed by atoms with E-state index >= 15 is 0 Å². The average Bonchev–Trinajstić information content (AvgIpc) is 2.37. The topological polar surface area (TPSA) is 21.3 Å². The minimum atomic E-state index is 0.311. The first-order valence-electron chi connectivity index (χ1n) is 6.51. The highest BCUT2D eigenvalue weighted by molar-refractivity contribution is 5.42. The molecule has 0 bridgehead atoms. The van der Waals surface area contributed by atoms with E-state index in [9.17, 15) is 0 Å². The molecule has 0 saturated heterocycles. The number of nitrogens with one attached hydrogen (secondary N) is 1. The van der Waals surface area contributed by atoms with E-state index in [2.05, 4.69) is 30.4 Å². The number of benzene rings is 1. The minimum absolute atomic E-state index is 0.311. The van der Waals surface area contributed by atoms with E-state index in [1.54, 1.807) is 7.11 Å². The summed E-state index contributed by atoms with van der Waals surface area (Å²) in [6.07, 6.45) is 5.01. The lowest BCUT2D eigenvalue weighted by Crippen LogP contribution is -2.31. The van der Waals surface area contributed by atoms with E-state index in [-0.39, 0.29) is 0 Å². The smallest absolute Gasteiger partial charge is 0.119 e. The lowest BCUT2D eigenvalue weighted by molar-refractivity contribution is 0.358. The van der Waals surface area contributed by atoms with Gasteiger partial charge < -0.3 is 10.1 Å². The average molecular weight is 233 g/mol. The van der Waals surface area contributed by atoms with Gasteiger partial charge in [-0.25, -0.2) is 0 Å². The summed E-state index contributed by atoms with van der Waals surface area (Å²) in [6, 6.07) is 6.57. The van der Waals surface area contributed by atoms with Gasteiger partial charge in [0.15, 0.2) is 0 Å². The van der Waals surface area contributed by atoms with Crippen molar-refractivity contribution >= 4 is 0 Å². The lowest BCUT2D eigenvalue weighted by Gasteiger charge is -2.36. The molecule has 1 atom stereocenters. The summed E-state index contributed by atoms with van der Waals surface area (Å²) in [4.78, 5) is 0. The van der Waals surface area contributed by atoms with Crippen molar-refractivity contribution in [1.82, 2.24) is 5.32 Å². The molecule has 0 saturated carbocycles. The summed E-state index contributed by atoms with van der Waals surface area (Å²) >= 11 is 0. The molecule has 1 aliphatic rings. The van der Waals surface area contributed by atoms with Crippen molar-refractivity contribution in [2.24, 2.45) is 0 Å². The van der Waals surface area contributed by atoms with Gasteiger partial charge in [-0.15, -0.1) is 0 Å². The van der Waals surface area contributed by atoms with Crippen LogP contribution in [-0.2, 0) is 11.8 Å². The van der Waals surface area contributed by atoms with Crippen molar-refractivity contribution in [3.05, 3.63) is 29.3 Å². The Bertz CT molecular complexity index is 389. The molecule has 2 nitrogen and oxygen atoms in total. The van der Waals surface area contributed by atoms with Crippen LogP contribution in [0.2, 0.25) is 0 Å². The van der Waals surface area contributed by atoms with E-state index in [4.69, 9.17) is 4.74 Å². The van der Waals surface area contributed by atoms with Crippen molar-refractivity contribution in [1.29, 1.82) is 0 Å². The van der Waals surface area contributed by atoms with Crippen LogP contribution in [0.25, 0.3) is 0 Å². The van der Waals surface area contributed by atoms with E-state index < -0.39 is 0 Å². The van der Waals surface area contributed by atoms with Gasteiger partial charge in [0.1, 0.15) is 5.75 Å². The number of hydrogen-bond donors (Lipinski definition) is 1. The van der Waals surface area contributed by atoms with Crippen LogP contribution >= 0.6 is 0 Å². The van der Waals surface area contributed by atoms with E-state index in [1.807, 2.05) is 7.05 Å². The first-order valence-corrected chi connectivity index (χ1v) is 6.51. The van der Waals surface area contributed by atoms with Gasteiger partial charge in [-0.1, -0.05) is 13.0 Å². The van der Waals surface area contributed by atoms with Gasteiger partial charge in [0.2, 0.25) is 0 Å². The van der Waals surface area contributed by atoms with E-state index in [1.165, 1.54) is 36.8 Å². The fourth-order valence-corrected chi connectivity index (χ4v) is 2.93. The van der Waals surface area contributed by atoms with Crippen LogP contribution in [0.1, 0.15) is 37.3 Å². The second-order valence-corrected chi connectivity index (χ2v) is 5.29. The maximum atomic E-state index is 5.36. The van der Waals surface area contributed by atoms with Crippen LogP contribution in [-0.4, -0.2) is 20.7 Å². The molecule has 1 unspecified atom stereocenters. The van der Waals surface area contributed by atoms with Crippen LogP contribution in [0.3, 0.4) is 0 Å². The molecular weight excluding hydrogens is 210 g/mol. The van der Waals surface area contributed by atoms with Gasteiger partial charge in [0.05, 0.1) is 7.11 Å². The van der Waals surface area contributed by atoms with Crippen molar-refractivity contribution in [3.63, 3.8) is 0 Å². The molecule has 94 valence electrons. The number of rotatable bonds is 4. The van der Waals surface area contributed by atoms with E-state index in [0.29, 0.717) is 5.41 Å².